The van der Waals surface area contributed by atoms with Crippen LogP contribution in [0.2, 0.25) is 0 Å². The fraction of sp³-hybridized carbons (Fsp3) is 0.708. The van der Waals surface area contributed by atoms with E-state index < -0.39 is 17.1 Å². The first-order chi connectivity index (χ1) is 14.1. The fourth-order valence-corrected chi connectivity index (χ4v) is 6.69. The predicted octanol–water partition coefficient (Wildman–Crippen LogP) is 3.00. The number of Topliss-reactive ketones (excluding diaryl/α,β-unsaturated/α-hetero) is 1. The number of hydrogen-bond donors (Lipinski definition) is 1. The van der Waals surface area contributed by atoms with E-state index in [4.69, 9.17) is 9.47 Å². The van der Waals surface area contributed by atoms with Gasteiger partial charge in [0.2, 0.25) is 0 Å². The van der Waals surface area contributed by atoms with E-state index in [0.717, 1.165) is 61.8 Å². The number of nitrogens with zero attached hydrogens (tertiary/aromatic N) is 1. The smallest absolute Gasteiger partial charge is 0.174 e. The standard InChI is InChI=1S/C24H31NO4/c1-2-3-12-28-18-7-6-16-13-19-24(27)9-8-17(26)22-23(24,20(16)21(18)29-22)10-11-25(19)14-15-4-5-15/h6-7,15,19,22,27H,2-5,8-14H2,1H3/t19-,22?,23+,24-/m1/s1. The van der Waals surface area contributed by atoms with Crippen LogP contribution in [0.1, 0.15) is 63.0 Å². The Balaban J connectivity index is 1.47. The molecular weight excluding hydrogens is 366 g/mol. The van der Waals surface area contributed by atoms with Crippen molar-refractivity contribution >= 4 is 5.78 Å². The van der Waals surface area contributed by atoms with Crippen molar-refractivity contribution in [3.05, 3.63) is 23.3 Å². The summed E-state index contributed by atoms with van der Waals surface area (Å²) in [6, 6.07) is 4.27. The van der Waals surface area contributed by atoms with Crippen LogP contribution in [0.3, 0.4) is 0 Å². The van der Waals surface area contributed by atoms with Crippen molar-refractivity contribution in [3.63, 3.8) is 0 Å². The maximum Gasteiger partial charge on any atom is 0.174 e. The molecule has 5 nitrogen and oxygen atoms in total. The number of ether oxygens (including phenoxy) is 2. The third kappa shape index (κ3) is 2.32. The number of aliphatic hydroxyl groups is 1. The second-order valence-electron chi connectivity index (χ2n) is 9.90. The topological polar surface area (TPSA) is 59.0 Å². The van der Waals surface area contributed by atoms with Gasteiger partial charge in [-0.15, -0.1) is 0 Å². The zero-order valence-corrected chi connectivity index (χ0v) is 17.3. The number of piperidine rings is 1. The Hall–Kier alpha value is -1.59. The number of carbonyl (C=O) groups excluding carboxylic acids is 1. The first-order valence-electron chi connectivity index (χ1n) is 11.5. The van der Waals surface area contributed by atoms with Crippen molar-refractivity contribution in [2.45, 2.75) is 81.5 Å². The zero-order valence-electron chi connectivity index (χ0n) is 17.3. The fourth-order valence-electron chi connectivity index (χ4n) is 6.69. The van der Waals surface area contributed by atoms with E-state index in [9.17, 15) is 9.90 Å². The molecule has 3 fully saturated rings. The van der Waals surface area contributed by atoms with Gasteiger partial charge in [0.1, 0.15) is 0 Å². The van der Waals surface area contributed by atoms with Crippen LogP contribution in [-0.4, -0.2) is 53.2 Å². The Kier molecular flexibility index (Phi) is 3.90. The molecule has 5 aliphatic rings. The Bertz CT molecular complexity index is 865. The molecule has 1 N–H and O–H groups in total. The minimum Gasteiger partial charge on any atom is -0.490 e. The van der Waals surface area contributed by atoms with Crippen molar-refractivity contribution in [2.75, 3.05) is 19.7 Å². The molecule has 0 radical (unpaired) electrons. The van der Waals surface area contributed by atoms with Gasteiger partial charge in [-0.05, 0) is 62.6 Å². The maximum atomic E-state index is 13.0. The molecule has 5 heteroatoms. The van der Waals surface area contributed by atoms with E-state index in [1.807, 2.05) is 6.07 Å². The van der Waals surface area contributed by atoms with Gasteiger partial charge in [-0.25, -0.2) is 0 Å². The van der Waals surface area contributed by atoms with E-state index in [1.165, 1.54) is 18.4 Å². The summed E-state index contributed by atoms with van der Waals surface area (Å²) >= 11 is 0. The van der Waals surface area contributed by atoms with E-state index in [-0.39, 0.29) is 11.8 Å². The summed E-state index contributed by atoms with van der Waals surface area (Å²) in [6.07, 6.45) is 6.73. The number of ketones is 1. The first kappa shape index (κ1) is 18.2. The van der Waals surface area contributed by atoms with Crippen LogP contribution in [-0.2, 0) is 16.6 Å². The van der Waals surface area contributed by atoms with Crippen molar-refractivity contribution in [3.8, 4) is 11.5 Å². The molecule has 29 heavy (non-hydrogen) atoms. The molecule has 1 aromatic carbocycles. The van der Waals surface area contributed by atoms with Gasteiger partial charge >= 0.3 is 0 Å². The molecule has 1 saturated heterocycles. The van der Waals surface area contributed by atoms with Crippen molar-refractivity contribution in [1.82, 2.24) is 4.90 Å². The Labute approximate surface area is 172 Å². The first-order valence-corrected chi connectivity index (χ1v) is 11.5. The van der Waals surface area contributed by atoms with E-state index in [0.29, 0.717) is 19.4 Å². The largest absolute Gasteiger partial charge is 0.490 e. The average Bonchev–Trinajstić information content (AvgIpc) is 3.45. The van der Waals surface area contributed by atoms with Crippen molar-refractivity contribution in [2.24, 2.45) is 5.92 Å². The molecular formula is C24H31NO4. The lowest BCUT2D eigenvalue weighted by Gasteiger charge is -2.62. The second-order valence-corrected chi connectivity index (χ2v) is 9.90. The highest BCUT2D eigenvalue weighted by atomic mass is 16.5. The molecule has 1 spiro atoms. The number of carbonyl (C=O) groups is 1. The Morgan fingerprint density at radius 3 is 2.97 bits per heavy atom. The van der Waals surface area contributed by atoms with Gasteiger partial charge in [0.15, 0.2) is 23.4 Å². The normalized spacial score (nSPS) is 37.2. The highest BCUT2D eigenvalue weighted by Crippen LogP contribution is 2.65. The van der Waals surface area contributed by atoms with E-state index >= 15 is 0 Å². The molecule has 2 saturated carbocycles. The second kappa shape index (κ2) is 6.21. The number of rotatable bonds is 6. The summed E-state index contributed by atoms with van der Waals surface area (Å²) in [4.78, 5) is 15.5. The number of hydrogen-bond acceptors (Lipinski definition) is 5. The molecule has 156 valence electrons. The van der Waals surface area contributed by atoms with Crippen LogP contribution < -0.4 is 9.47 Å². The molecule has 0 aromatic heterocycles. The van der Waals surface area contributed by atoms with Crippen LogP contribution in [0.5, 0.6) is 11.5 Å². The van der Waals surface area contributed by atoms with Crippen molar-refractivity contribution in [1.29, 1.82) is 0 Å². The van der Waals surface area contributed by atoms with Gasteiger partial charge < -0.3 is 14.6 Å². The van der Waals surface area contributed by atoms with Gasteiger partial charge in [-0.2, -0.15) is 0 Å². The quantitative estimate of drug-likeness (QED) is 0.748. The molecule has 2 bridgehead atoms. The molecule has 1 unspecified atom stereocenters. The van der Waals surface area contributed by atoms with Crippen LogP contribution in [0, 0.1) is 5.92 Å². The summed E-state index contributed by atoms with van der Waals surface area (Å²) < 4.78 is 12.5. The minimum absolute atomic E-state index is 0.0846. The highest BCUT2D eigenvalue weighted by Gasteiger charge is 2.73. The van der Waals surface area contributed by atoms with E-state index in [2.05, 4.69) is 17.9 Å². The summed E-state index contributed by atoms with van der Waals surface area (Å²) in [6.45, 7) is 4.83. The molecule has 2 aliphatic heterocycles. The van der Waals surface area contributed by atoms with Crippen LogP contribution in [0.25, 0.3) is 0 Å². The third-order valence-corrected chi connectivity index (χ3v) is 8.30. The lowest BCUT2D eigenvalue weighted by atomic mass is 9.49. The maximum absolute atomic E-state index is 13.0. The summed E-state index contributed by atoms with van der Waals surface area (Å²) in [5.41, 5.74) is 0.851. The number of unbranched alkanes of at least 4 members (excludes halogenated alkanes) is 1. The van der Waals surface area contributed by atoms with Crippen LogP contribution in [0.15, 0.2) is 12.1 Å². The lowest BCUT2D eigenvalue weighted by Crippen LogP contribution is -2.76. The predicted molar refractivity (Wildman–Crippen MR) is 109 cm³/mol. The molecule has 2 heterocycles. The monoisotopic (exact) mass is 397 g/mol. The lowest BCUT2D eigenvalue weighted by molar-refractivity contribution is -0.188. The van der Waals surface area contributed by atoms with Gasteiger partial charge in [0, 0.05) is 24.6 Å². The Morgan fingerprint density at radius 2 is 2.17 bits per heavy atom. The average molecular weight is 398 g/mol. The van der Waals surface area contributed by atoms with Crippen LogP contribution in [0.4, 0.5) is 0 Å². The summed E-state index contributed by atoms with van der Waals surface area (Å²) in [5.74, 6) is 2.42. The molecule has 1 aromatic rings. The highest BCUT2D eigenvalue weighted by molar-refractivity contribution is 5.90. The zero-order chi connectivity index (χ0) is 19.8. The van der Waals surface area contributed by atoms with Gasteiger partial charge in [0.05, 0.1) is 17.6 Å². The SMILES string of the molecule is CCCCOc1ccc2c3c1OC1C(=O)CC[C@@]4(O)[C@@H](C2)N(CC2CC2)CC[C@]314. The molecule has 0 amide bonds. The van der Waals surface area contributed by atoms with E-state index in [1.54, 1.807) is 0 Å². The Morgan fingerprint density at radius 1 is 1.31 bits per heavy atom. The third-order valence-electron chi connectivity index (χ3n) is 8.30. The number of benzene rings is 1. The van der Waals surface area contributed by atoms with Crippen LogP contribution >= 0.6 is 0 Å². The molecule has 6 rings (SSSR count). The summed E-state index contributed by atoms with van der Waals surface area (Å²) in [5, 5.41) is 12.2. The minimum atomic E-state index is -0.890. The molecule has 3 aliphatic carbocycles. The van der Waals surface area contributed by atoms with Crippen molar-refractivity contribution < 1.29 is 19.4 Å². The molecule has 4 atom stereocenters. The van der Waals surface area contributed by atoms with Gasteiger partial charge in [0.25, 0.3) is 0 Å². The van der Waals surface area contributed by atoms with Gasteiger partial charge in [-0.3, -0.25) is 9.69 Å². The van der Waals surface area contributed by atoms with Gasteiger partial charge in [-0.1, -0.05) is 19.4 Å². The summed E-state index contributed by atoms with van der Waals surface area (Å²) in [7, 11) is 0. The number of likely N-dealkylation sites (tertiary alicyclic amines) is 1.